The molecule has 0 radical (unpaired) electrons. The van der Waals surface area contributed by atoms with Crippen molar-refractivity contribution in [3.63, 3.8) is 0 Å². The number of anilines is 2. The summed E-state index contributed by atoms with van der Waals surface area (Å²) in [4.78, 5) is 11.6. The van der Waals surface area contributed by atoms with E-state index < -0.39 is 5.91 Å². The Bertz CT molecular complexity index is 475. The van der Waals surface area contributed by atoms with E-state index in [-0.39, 0.29) is 6.10 Å². The number of thiophene rings is 1. The molecule has 2 unspecified atom stereocenters. The van der Waals surface area contributed by atoms with Crippen molar-refractivity contribution in [2.45, 2.75) is 19.4 Å². The fraction of sp³-hybridized carbons (Fsp3) is 0.583. The number of hydrogen-bond acceptors (Lipinski definition) is 6. The quantitative estimate of drug-likeness (QED) is 0.756. The molecule has 0 spiro atoms. The zero-order valence-corrected chi connectivity index (χ0v) is 11.9. The Kier molecular flexibility index (Phi) is 4.16. The molecule has 0 saturated carbocycles. The lowest BCUT2D eigenvalue weighted by Crippen LogP contribution is -2.20. The number of nitrogen functional groups attached to an aromatic ring is 1. The molecule has 1 fully saturated rings. The minimum atomic E-state index is -0.536. The highest BCUT2D eigenvalue weighted by Gasteiger charge is 2.25. The molecule has 1 amide bonds. The van der Waals surface area contributed by atoms with Crippen LogP contribution >= 0.6 is 11.3 Å². The van der Waals surface area contributed by atoms with E-state index in [9.17, 15) is 4.79 Å². The van der Waals surface area contributed by atoms with Gasteiger partial charge in [0.15, 0.2) is 5.75 Å². The Morgan fingerprint density at radius 2 is 2.37 bits per heavy atom. The first-order chi connectivity index (χ1) is 9.04. The summed E-state index contributed by atoms with van der Waals surface area (Å²) in [6.07, 6.45) is 1.27. The van der Waals surface area contributed by atoms with Crippen LogP contribution in [0.15, 0.2) is 0 Å². The van der Waals surface area contributed by atoms with Gasteiger partial charge < -0.3 is 26.3 Å². The molecule has 1 aromatic heterocycles. The van der Waals surface area contributed by atoms with Gasteiger partial charge in [-0.15, -0.1) is 11.3 Å². The fourth-order valence-corrected chi connectivity index (χ4v) is 3.15. The molecule has 1 saturated heterocycles. The Morgan fingerprint density at radius 3 is 2.89 bits per heavy atom. The van der Waals surface area contributed by atoms with Crippen molar-refractivity contribution in [2.24, 2.45) is 11.7 Å². The highest BCUT2D eigenvalue weighted by Crippen LogP contribution is 2.42. The maximum Gasteiger partial charge on any atom is 0.261 e. The van der Waals surface area contributed by atoms with Gasteiger partial charge in [0.1, 0.15) is 15.6 Å². The van der Waals surface area contributed by atoms with E-state index >= 15 is 0 Å². The molecule has 2 heterocycles. The smallest absolute Gasteiger partial charge is 0.261 e. The fourth-order valence-electron chi connectivity index (χ4n) is 2.20. The van der Waals surface area contributed by atoms with Crippen LogP contribution < -0.4 is 21.5 Å². The van der Waals surface area contributed by atoms with Crippen LogP contribution in [-0.4, -0.2) is 32.3 Å². The highest BCUT2D eigenvalue weighted by atomic mass is 32.1. The van der Waals surface area contributed by atoms with Crippen LogP contribution in [0.25, 0.3) is 0 Å². The van der Waals surface area contributed by atoms with E-state index in [1.807, 2.05) is 0 Å². The van der Waals surface area contributed by atoms with Crippen molar-refractivity contribution < 1.29 is 14.3 Å². The summed E-state index contributed by atoms with van der Waals surface area (Å²) < 4.78 is 10.7. The van der Waals surface area contributed by atoms with Gasteiger partial charge in [0.2, 0.25) is 0 Å². The number of carbonyl (C=O) groups is 1. The van der Waals surface area contributed by atoms with Crippen LogP contribution in [-0.2, 0) is 4.74 Å². The predicted molar refractivity (Wildman–Crippen MR) is 75.8 cm³/mol. The van der Waals surface area contributed by atoms with Crippen LogP contribution in [0.2, 0.25) is 0 Å². The van der Waals surface area contributed by atoms with Gasteiger partial charge in [-0.05, 0) is 13.3 Å². The number of ether oxygens (including phenoxy) is 2. The molecule has 0 aliphatic carbocycles. The zero-order valence-electron chi connectivity index (χ0n) is 11.1. The summed E-state index contributed by atoms with van der Waals surface area (Å²) in [6.45, 7) is 3.62. The second-order valence-corrected chi connectivity index (χ2v) is 5.60. The van der Waals surface area contributed by atoms with Gasteiger partial charge in [0, 0.05) is 19.1 Å². The molecule has 1 aliphatic rings. The Hall–Kier alpha value is -1.47. The molecule has 2 rings (SSSR count). The molecule has 2 atom stereocenters. The number of rotatable bonds is 5. The lowest BCUT2D eigenvalue weighted by molar-refractivity contribution is 0.100. The largest absolute Gasteiger partial charge is 0.492 e. The van der Waals surface area contributed by atoms with E-state index in [1.54, 1.807) is 0 Å². The molecule has 1 aromatic rings. The zero-order chi connectivity index (χ0) is 14.0. The van der Waals surface area contributed by atoms with E-state index in [2.05, 4.69) is 12.2 Å². The van der Waals surface area contributed by atoms with Crippen molar-refractivity contribution in [3.05, 3.63) is 4.88 Å². The molecular weight excluding hydrogens is 266 g/mol. The molecule has 0 bridgehead atoms. The van der Waals surface area contributed by atoms with Crippen LogP contribution in [0.1, 0.15) is 23.0 Å². The number of methoxy groups -OCH3 is 1. The third kappa shape index (κ3) is 2.76. The first-order valence-electron chi connectivity index (χ1n) is 6.16. The van der Waals surface area contributed by atoms with Gasteiger partial charge in [-0.1, -0.05) is 0 Å². The van der Waals surface area contributed by atoms with Gasteiger partial charge in [-0.3, -0.25) is 4.79 Å². The second kappa shape index (κ2) is 5.66. The highest BCUT2D eigenvalue weighted by molar-refractivity contribution is 7.19. The lowest BCUT2D eigenvalue weighted by Gasteiger charge is -2.15. The third-order valence-electron chi connectivity index (χ3n) is 3.39. The topological polar surface area (TPSA) is 99.6 Å². The minimum absolute atomic E-state index is 0.242. The average Bonchev–Trinajstić information content (AvgIpc) is 2.90. The van der Waals surface area contributed by atoms with E-state index in [0.717, 1.165) is 24.6 Å². The molecule has 0 aromatic carbocycles. The number of primary amides is 1. The van der Waals surface area contributed by atoms with Crippen molar-refractivity contribution >= 4 is 27.9 Å². The normalized spacial score (nSPS) is 22.4. The van der Waals surface area contributed by atoms with Crippen molar-refractivity contribution in [3.8, 4) is 5.75 Å². The minimum Gasteiger partial charge on any atom is -0.492 e. The summed E-state index contributed by atoms with van der Waals surface area (Å²) >= 11 is 1.23. The van der Waals surface area contributed by atoms with Crippen LogP contribution in [0.3, 0.4) is 0 Å². The maximum atomic E-state index is 11.3. The Labute approximate surface area is 116 Å². The summed E-state index contributed by atoms with van der Waals surface area (Å²) in [6, 6.07) is 0. The lowest BCUT2D eigenvalue weighted by atomic mass is 10.0. The number of nitrogens with one attached hydrogen (secondary N) is 1. The van der Waals surface area contributed by atoms with Crippen LogP contribution in [0.5, 0.6) is 5.75 Å². The SMILES string of the molecule is COc1c(NCC2CCOC2C)sc(C(N)=O)c1N. The number of amides is 1. The van der Waals surface area contributed by atoms with E-state index in [4.69, 9.17) is 20.9 Å². The number of hydrogen-bond donors (Lipinski definition) is 3. The molecule has 7 heteroatoms. The van der Waals surface area contributed by atoms with Crippen LogP contribution in [0, 0.1) is 5.92 Å². The molecule has 106 valence electrons. The van der Waals surface area contributed by atoms with Crippen molar-refractivity contribution in [2.75, 3.05) is 31.3 Å². The van der Waals surface area contributed by atoms with Crippen molar-refractivity contribution in [1.82, 2.24) is 0 Å². The Morgan fingerprint density at radius 1 is 1.63 bits per heavy atom. The van der Waals surface area contributed by atoms with Crippen LogP contribution in [0.4, 0.5) is 10.7 Å². The van der Waals surface area contributed by atoms with Crippen molar-refractivity contribution in [1.29, 1.82) is 0 Å². The second-order valence-electron chi connectivity index (χ2n) is 4.58. The number of nitrogens with two attached hydrogens (primary N) is 2. The van der Waals surface area contributed by atoms with E-state index in [0.29, 0.717) is 22.2 Å². The maximum absolute atomic E-state index is 11.3. The monoisotopic (exact) mass is 285 g/mol. The molecule has 19 heavy (non-hydrogen) atoms. The van der Waals surface area contributed by atoms with Gasteiger partial charge in [0.05, 0.1) is 13.2 Å². The molecule has 5 N–H and O–H groups in total. The summed E-state index contributed by atoms with van der Waals surface area (Å²) in [5, 5.41) is 4.02. The van der Waals surface area contributed by atoms with E-state index in [1.165, 1.54) is 18.4 Å². The molecule has 6 nitrogen and oxygen atoms in total. The third-order valence-corrected chi connectivity index (χ3v) is 4.54. The summed E-state index contributed by atoms with van der Waals surface area (Å²) in [5.74, 6) is 0.404. The predicted octanol–water partition coefficient (Wildman–Crippen LogP) is 1.27. The molecular formula is C12H19N3O3S. The summed E-state index contributed by atoms with van der Waals surface area (Å²) in [5.41, 5.74) is 11.4. The van der Waals surface area contributed by atoms with Gasteiger partial charge in [0.25, 0.3) is 5.91 Å². The van der Waals surface area contributed by atoms with Gasteiger partial charge in [-0.25, -0.2) is 0 Å². The average molecular weight is 285 g/mol. The standard InChI is InChI=1S/C12H19N3O3S/c1-6-7(3-4-18-6)5-15-12-9(17-2)8(13)10(19-12)11(14)16/h6-7,15H,3-5,13H2,1-2H3,(H2,14,16). The molecule has 1 aliphatic heterocycles. The number of carbonyl (C=O) groups excluding carboxylic acids is 1. The van der Waals surface area contributed by atoms with Gasteiger partial charge in [-0.2, -0.15) is 0 Å². The first kappa shape index (κ1) is 14.0. The Balaban J connectivity index is 2.11. The summed E-state index contributed by atoms with van der Waals surface area (Å²) in [7, 11) is 1.52. The van der Waals surface area contributed by atoms with Gasteiger partial charge >= 0.3 is 0 Å². The first-order valence-corrected chi connectivity index (χ1v) is 6.97.